The molecule has 2 amide bonds. The molecule has 1 aromatic rings. The van der Waals surface area contributed by atoms with Crippen molar-refractivity contribution in [1.29, 1.82) is 0 Å². The number of carbonyl (C=O) groups is 2. The average molecular weight is 330 g/mol. The van der Waals surface area contributed by atoms with Crippen molar-refractivity contribution in [3.05, 3.63) is 35.4 Å². The average Bonchev–Trinajstić information content (AvgIpc) is 2.86. The van der Waals surface area contributed by atoms with Crippen LogP contribution in [0, 0.1) is 12.8 Å². The predicted molar refractivity (Wildman–Crippen MR) is 91.3 cm³/mol. The number of aryl methyl sites for hydroxylation is 1. The number of rotatable bonds is 3. The number of piperidine rings is 1. The van der Waals surface area contributed by atoms with Crippen LogP contribution in [0.2, 0.25) is 0 Å². The lowest BCUT2D eigenvalue weighted by Gasteiger charge is -2.42. The number of hydrogen-bond donors (Lipinski definition) is 0. The van der Waals surface area contributed by atoms with Gasteiger partial charge in [0.15, 0.2) is 0 Å². The van der Waals surface area contributed by atoms with Gasteiger partial charge in [-0.3, -0.25) is 9.59 Å². The summed E-state index contributed by atoms with van der Waals surface area (Å²) in [6.07, 6.45) is 2.15. The standard InChI is InChI=1S/C19H26N2O3/c1-14-6-4-5-7-16(14)12-15(2)18(23)21-10-8-19(9-11-21)20(3)17(22)13-24-19/h4-7,15H,8-13H2,1-3H3. The Morgan fingerprint density at radius 1 is 1.29 bits per heavy atom. The summed E-state index contributed by atoms with van der Waals surface area (Å²) >= 11 is 0. The van der Waals surface area contributed by atoms with Gasteiger partial charge in [-0.1, -0.05) is 31.2 Å². The van der Waals surface area contributed by atoms with Crippen LogP contribution in [-0.4, -0.2) is 54.1 Å². The van der Waals surface area contributed by atoms with Gasteiger partial charge in [-0.2, -0.15) is 0 Å². The molecule has 5 heteroatoms. The molecule has 0 aromatic heterocycles. The van der Waals surface area contributed by atoms with E-state index >= 15 is 0 Å². The second-order valence-corrected chi connectivity index (χ2v) is 7.04. The molecule has 1 spiro atoms. The summed E-state index contributed by atoms with van der Waals surface area (Å²) in [7, 11) is 1.80. The third-order valence-corrected chi connectivity index (χ3v) is 5.52. The Morgan fingerprint density at radius 3 is 2.54 bits per heavy atom. The van der Waals surface area contributed by atoms with Gasteiger partial charge in [0.05, 0.1) is 0 Å². The van der Waals surface area contributed by atoms with Gasteiger partial charge in [-0.15, -0.1) is 0 Å². The topological polar surface area (TPSA) is 49.9 Å². The van der Waals surface area contributed by atoms with E-state index in [1.807, 2.05) is 24.0 Å². The van der Waals surface area contributed by atoms with Crippen LogP contribution in [0.4, 0.5) is 0 Å². The Hall–Kier alpha value is -1.88. The highest BCUT2D eigenvalue weighted by Crippen LogP contribution is 2.34. The van der Waals surface area contributed by atoms with Crippen LogP contribution >= 0.6 is 0 Å². The van der Waals surface area contributed by atoms with Gasteiger partial charge in [-0.25, -0.2) is 0 Å². The Labute approximate surface area is 143 Å². The summed E-state index contributed by atoms with van der Waals surface area (Å²) in [6, 6.07) is 8.22. The quantitative estimate of drug-likeness (QED) is 0.851. The van der Waals surface area contributed by atoms with Crippen LogP contribution in [0.5, 0.6) is 0 Å². The zero-order chi connectivity index (χ0) is 17.3. The maximum absolute atomic E-state index is 12.8. The molecule has 1 atom stereocenters. The third kappa shape index (κ3) is 3.05. The highest BCUT2D eigenvalue weighted by molar-refractivity contribution is 5.80. The van der Waals surface area contributed by atoms with Crippen molar-refractivity contribution in [2.24, 2.45) is 5.92 Å². The lowest BCUT2D eigenvalue weighted by molar-refractivity contribution is -0.149. The smallest absolute Gasteiger partial charge is 0.250 e. The monoisotopic (exact) mass is 330 g/mol. The lowest BCUT2D eigenvalue weighted by atomic mass is 9.94. The fourth-order valence-corrected chi connectivity index (χ4v) is 3.74. The largest absolute Gasteiger partial charge is 0.346 e. The van der Waals surface area contributed by atoms with Gasteiger partial charge in [0, 0.05) is 38.9 Å². The van der Waals surface area contributed by atoms with Gasteiger partial charge in [0.25, 0.3) is 5.91 Å². The molecule has 24 heavy (non-hydrogen) atoms. The Morgan fingerprint density at radius 2 is 1.96 bits per heavy atom. The molecule has 3 rings (SSSR count). The molecule has 2 aliphatic heterocycles. The molecule has 2 heterocycles. The number of nitrogens with zero attached hydrogens (tertiary/aromatic N) is 2. The van der Waals surface area contributed by atoms with E-state index in [-0.39, 0.29) is 24.3 Å². The van der Waals surface area contributed by atoms with E-state index in [1.54, 1.807) is 11.9 Å². The van der Waals surface area contributed by atoms with Crippen molar-refractivity contribution in [2.75, 3.05) is 26.7 Å². The highest BCUT2D eigenvalue weighted by atomic mass is 16.5. The maximum atomic E-state index is 12.8. The van der Waals surface area contributed by atoms with Crippen molar-refractivity contribution < 1.29 is 14.3 Å². The van der Waals surface area contributed by atoms with E-state index in [0.29, 0.717) is 25.9 Å². The Balaban J connectivity index is 1.59. The summed E-state index contributed by atoms with van der Waals surface area (Å²) in [4.78, 5) is 28.1. The summed E-state index contributed by atoms with van der Waals surface area (Å²) in [5, 5.41) is 0. The van der Waals surface area contributed by atoms with Gasteiger partial charge >= 0.3 is 0 Å². The molecule has 1 aromatic carbocycles. The van der Waals surface area contributed by atoms with Crippen molar-refractivity contribution in [1.82, 2.24) is 9.80 Å². The highest BCUT2D eigenvalue weighted by Gasteiger charge is 2.47. The number of likely N-dealkylation sites (tertiary alicyclic amines) is 1. The summed E-state index contributed by atoms with van der Waals surface area (Å²) < 4.78 is 5.74. The SMILES string of the molecule is Cc1ccccc1CC(C)C(=O)N1CCC2(CC1)OCC(=O)N2C. The summed E-state index contributed by atoms with van der Waals surface area (Å²) in [5.41, 5.74) is 1.97. The summed E-state index contributed by atoms with van der Waals surface area (Å²) in [5.74, 6) is 0.187. The molecular weight excluding hydrogens is 304 g/mol. The molecule has 0 aliphatic carbocycles. The molecule has 130 valence electrons. The second kappa shape index (κ2) is 6.55. The van der Waals surface area contributed by atoms with Crippen LogP contribution in [0.3, 0.4) is 0 Å². The molecule has 2 fully saturated rings. The van der Waals surface area contributed by atoms with Gasteiger partial charge < -0.3 is 14.5 Å². The fraction of sp³-hybridized carbons (Fsp3) is 0.579. The van der Waals surface area contributed by atoms with E-state index in [0.717, 1.165) is 6.42 Å². The first-order valence-corrected chi connectivity index (χ1v) is 8.67. The number of benzene rings is 1. The van der Waals surface area contributed by atoms with Gasteiger partial charge in [0.1, 0.15) is 12.3 Å². The molecule has 5 nitrogen and oxygen atoms in total. The number of carbonyl (C=O) groups excluding carboxylic acids is 2. The van der Waals surface area contributed by atoms with Crippen LogP contribution in [0.1, 0.15) is 30.9 Å². The molecular formula is C19H26N2O3. The van der Waals surface area contributed by atoms with E-state index in [2.05, 4.69) is 19.1 Å². The molecule has 1 unspecified atom stereocenters. The molecule has 2 saturated heterocycles. The van der Waals surface area contributed by atoms with Crippen LogP contribution < -0.4 is 0 Å². The van der Waals surface area contributed by atoms with E-state index in [4.69, 9.17) is 4.74 Å². The molecule has 0 saturated carbocycles. The number of amides is 2. The number of likely N-dealkylation sites (N-methyl/N-ethyl adjacent to an activating group) is 1. The summed E-state index contributed by atoms with van der Waals surface area (Å²) in [6.45, 7) is 5.54. The minimum absolute atomic E-state index is 0.0303. The Kier molecular flexibility index (Phi) is 4.63. The third-order valence-electron chi connectivity index (χ3n) is 5.52. The van der Waals surface area contributed by atoms with E-state index < -0.39 is 5.72 Å². The zero-order valence-corrected chi connectivity index (χ0v) is 14.7. The first kappa shape index (κ1) is 17.0. The molecule has 0 bridgehead atoms. The minimum Gasteiger partial charge on any atom is -0.346 e. The maximum Gasteiger partial charge on any atom is 0.250 e. The van der Waals surface area contributed by atoms with Gasteiger partial charge in [-0.05, 0) is 24.5 Å². The van der Waals surface area contributed by atoms with E-state index in [1.165, 1.54) is 11.1 Å². The van der Waals surface area contributed by atoms with Crippen LogP contribution in [0.25, 0.3) is 0 Å². The van der Waals surface area contributed by atoms with Crippen molar-refractivity contribution in [2.45, 2.75) is 38.8 Å². The molecule has 0 radical (unpaired) electrons. The normalized spacial score (nSPS) is 21.4. The number of hydrogen-bond acceptors (Lipinski definition) is 3. The van der Waals surface area contributed by atoms with Crippen molar-refractivity contribution >= 4 is 11.8 Å². The van der Waals surface area contributed by atoms with Crippen molar-refractivity contribution in [3.8, 4) is 0 Å². The van der Waals surface area contributed by atoms with Crippen LogP contribution in [-0.2, 0) is 20.7 Å². The lowest BCUT2D eigenvalue weighted by Crippen LogP contribution is -2.54. The first-order valence-electron chi connectivity index (χ1n) is 8.67. The molecule has 2 aliphatic rings. The minimum atomic E-state index is -0.493. The van der Waals surface area contributed by atoms with Gasteiger partial charge in [0.2, 0.25) is 5.91 Å². The van der Waals surface area contributed by atoms with Crippen molar-refractivity contribution in [3.63, 3.8) is 0 Å². The van der Waals surface area contributed by atoms with Crippen LogP contribution in [0.15, 0.2) is 24.3 Å². The fourth-order valence-electron chi connectivity index (χ4n) is 3.74. The van der Waals surface area contributed by atoms with E-state index in [9.17, 15) is 9.59 Å². The molecule has 0 N–H and O–H groups in total. The second-order valence-electron chi connectivity index (χ2n) is 7.04. The first-order chi connectivity index (χ1) is 11.4. The Bertz CT molecular complexity index is 635. The number of ether oxygens (including phenoxy) is 1. The zero-order valence-electron chi connectivity index (χ0n) is 14.7. The predicted octanol–water partition coefficient (Wildman–Crippen LogP) is 1.98.